The minimum Gasteiger partial charge on any atom is -0.325 e. The first-order chi connectivity index (χ1) is 11.6. The van der Waals surface area contributed by atoms with Gasteiger partial charge >= 0.3 is 0 Å². The second-order valence-corrected chi connectivity index (χ2v) is 7.42. The Morgan fingerprint density at radius 1 is 1.33 bits per heavy atom. The van der Waals surface area contributed by atoms with E-state index < -0.39 is 0 Å². The molecule has 24 heavy (non-hydrogen) atoms. The summed E-state index contributed by atoms with van der Waals surface area (Å²) in [4.78, 5) is 29.4. The number of amides is 1. The Morgan fingerprint density at radius 3 is 2.79 bits per heavy atom. The third-order valence-electron chi connectivity index (χ3n) is 3.54. The van der Waals surface area contributed by atoms with Gasteiger partial charge in [-0.1, -0.05) is 30.0 Å². The highest BCUT2D eigenvalue weighted by molar-refractivity contribution is 8.00. The standard InChI is InChI=1S/C17H17N3O2S2/c1-3-20-16(22)14-13(9-10-23-14)19-17(20)24-11(2)15(21)18-12-7-5-4-6-8-12/h4-11H,3H2,1-2H3,(H,18,21)/t11-/m1/s1. The number of hydrogen-bond acceptors (Lipinski definition) is 5. The fraction of sp³-hybridized carbons (Fsp3) is 0.235. The molecule has 3 rings (SSSR count). The number of anilines is 1. The van der Waals surface area contributed by atoms with Crippen LogP contribution in [-0.2, 0) is 11.3 Å². The van der Waals surface area contributed by atoms with Crippen LogP contribution in [0, 0.1) is 0 Å². The molecule has 0 aliphatic carbocycles. The molecular weight excluding hydrogens is 342 g/mol. The van der Waals surface area contributed by atoms with Gasteiger partial charge in [0.15, 0.2) is 5.16 Å². The summed E-state index contributed by atoms with van der Waals surface area (Å²) in [6.07, 6.45) is 0. The van der Waals surface area contributed by atoms with Gasteiger partial charge in [-0.15, -0.1) is 11.3 Å². The molecule has 1 aromatic carbocycles. The van der Waals surface area contributed by atoms with Gasteiger partial charge in [-0.3, -0.25) is 14.2 Å². The Bertz CT molecular complexity index is 918. The zero-order valence-corrected chi connectivity index (χ0v) is 15.0. The lowest BCUT2D eigenvalue weighted by Crippen LogP contribution is -2.26. The van der Waals surface area contributed by atoms with Crippen LogP contribution in [0.25, 0.3) is 10.2 Å². The van der Waals surface area contributed by atoms with E-state index in [4.69, 9.17) is 0 Å². The molecule has 1 atom stereocenters. The first-order valence-corrected chi connectivity index (χ1v) is 9.36. The number of nitrogens with zero attached hydrogens (tertiary/aromatic N) is 2. The maximum atomic E-state index is 12.5. The molecule has 0 fully saturated rings. The summed E-state index contributed by atoms with van der Waals surface area (Å²) in [6, 6.07) is 11.1. The van der Waals surface area contributed by atoms with Crippen LogP contribution in [0.1, 0.15) is 13.8 Å². The molecule has 0 unspecified atom stereocenters. The summed E-state index contributed by atoms with van der Waals surface area (Å²) in [5.74, 6) is -0.117. The average molecular weight is 359 g/mol. The Hall–Kier alpha value is -2.12. The van der Waals surface area contributed by atoms with Gasteiger partial charge in [0, 0.05) is 12.2 Å². The predicted molar refractivity (Wildman–Crippen MR) is 99.9 cm³/mol. The molecule has 1 N–H and O–H groups in total. The first-order valence-electron chi connectivity index (χ1n) is 7.60. The molecule has 2 heterocycles. The van der Waals surface area contributed by atoms with Crippen LogP contribution in [0.2, 0.25) is 0 Å². The third kappa shape index (κ3) is 3.37. The van der Waals surface area contributed by atoms with Crippen LogP contribution in [0.4, 0.5) is 5.69 Å². The summed E-state index contributed by atoms with van der Waals surface area (Å²) in [7, 11) is 0. The van der Waals surface area contributed by atoms with E-state index in [0.717, 1.165) is 5.69 Å². The molecule has 2 aromatic heterocycles. The van der Waals surface area contributed by atoms with Gasteiger partial charge in [0.05, 0.1) is 10.8 Å². The number of hydrogen-bond donors (Lipinski definition) is 1. The highest BCUT2D eigenvalue weighted by Crippen LogP contribution is 2.25. The van der Waals surface area contributed by atoms with Crippen LogP contribution in [0.15, 0.2) is 51.7 Å². The molecule has 0 saturated carbocycles. The minimum atomic E-state index is -0.369. The van der Waals surface area contributed by atoms with E-state index in [-0.39, 0.29) is 16.7 Å². The molecule has 0 spiro atoms. The maximum Gasteiger partial charge on any atom is 0.272 e. The van der Waals surface area contributed by atoms with Crippen molar-refractivity contribution >= 4 is 44.9 Å². The Labute approximate surface area is 147 Å². The third-order valence-corrected chi connectivity index (χ3v) is 5.52. The number of thioether (sulfide) groups is 1. The van der Waals surface area contributed by atoms with Crippen molar-refractivity contribution in [2.45, 2.75) is 30.8 Å². The van der Waals surface area contributed by atoms with Gasteiger partial charge in [0.1, 0.15) is 4.70 Å². The van der Waals surface area contributed by atoms with Gasteiger partial charge in [0.25, 0.3) is 5.56 Å². The summed E-state index contributed by atoms with van der Waals surface area (Å²) in [5.41, 5.74) is 1.40. The van der Waals surface area contributed by atoms with E-state index in [1.807, 2.05) is 55.6 Å². The van der Waals surface area contributed by atoms with Gasteiger partial charge in [-0.25, -0.2) is 4.98 Å². The SMILES string of the molecule is CCn1c(S[C@H](C)C(=O)Nc2ccccc2)nc2ccsc2c1=O. The smallest absolute Gasteiger partial charge is 0.272 e. The second kappa shape index (κ2) is 7.19. The van der Waals surface area contributed by atoms with E-state index in [9.17, 15) is 9.59 Å². The largest absolute Gasteiger partial charge is 0.325 e. The van der Waals surface area contributed by atoms with E-state index >= 15 is 0 Å². The molecular formula is C17H17N3O2S2. The lowest BCUT2D eigenvalue weighted by molar-refractivity contribution is -0.115. The average Bonchev–Trinajstić information content (AvgIpc) is 3.05. The van der Waals surface area contributed by atoms with Crippen molar-refractivity contribution in [1.82, 2.24) is 9.55 Å². The van der Waals surface area contributed by atoms with Gasteiger partial charge in [0.2, 0.25) is 5.91 Å². The molecule has 3 aromatic rings. The van der Waals surface area contributed by atoms with Crippen molar-refractivity contribution in [3.8, 4) is 0 Å². The molecule has 124 valence electrons. The van der Waals surface area contributed by atoms with E-state index in [2.05, 4.69) is 10.3 Å². The number of thiophene rings is 1. The quantitative estimate of drug-likeness (QED) is 0.558. The van der Waals surface area contributed by atoms with Crippen molar-refractivity contribution in [3.63, 3.8) is 0 Å². The molecule has 0 aliphatic rings. The summed E-state index contributed by atoms with van der Waals surface area (Å²) in [6.45, 7) is 4.24. The number of nitrogens with one attached hydrogen (secondary N) is 1. The van der Waals surface area contributed by atoms with Crippen LogP contribution < -0.4 is 10.9 Å². The maximum absolute atomic E-state index is 12.5. The Balaban J connectivity index is 1.83. The minimum absolute atomic E-state index is 0.0457. The molecule has 7 heteroatoms. The van der Waals surface area contributed by atoms with Crippen molar-refractivity contribution in [2.75, 3.05) is 5.32 Å². The zero-order valence-electron chi connectivity index (χ0n) is 13.4. The molecule has 5 nitrogen and oxygen atoms in total. The number of benzene rings is 1. The lowest BCUT2D eigenvalue weighted by atomic mass is 10.3. The van der Waals surface area contributed by atoms with Crippen molar-refractivity contribution in [3.05, 3.63) is 52.1 Å². The number of fused-ring (bicyclic) bond motifs is 1. The number of aromatic nitrogens is 2. The predicted octanol–water partition coefficient (Wildman–Crippen LogP) is 3.60. The Morgan fingerprint density at radius 2 is 2.08 bits per heavy atom. The molecule has 0 bridgehead atoms. The first kappa shape index (κ1) is 16.7. The Kier molecular flexibility index (Phi) is 5.01. The second-order valence-electron chi connectivity index (χ2n) is 5.19. The van der Waals surface area contributed by atoms with E-state index in [1.165, 1.54) is 23.1 Å². The number of carbonyl (C=O) groups is 1. The molecule has 0 aliphatic heterocycles. The van der Waals surface area contributed by atoms with Crippen LogP contribution in [0.5, 0.6) is 0 Å². The van der Waals surface area contributed by atoms with Crippen LogP contribution >= 0.6 is 23.1 Å². The monoisotopic (exact) mass is 359 g/mol. The van der Waals surface area contributed by atoms with Crippen molar-refractivity contribution < 1.29 is 4.79 Å². The molecule has 0 saturated heterocycles. The highest BCUT2D eigenvalue weighted by Gasteiger charge is 2.19. The topological polar surface area (TPSA) is 64.0 Å². The van der Waals surface area contributed by atoms with Gasteiger partial charge in [-0.2, -0.15) is 0 Å². The fourth-order valence-electron chi connectivity index (χ4n) is 2.27. The normalized spacial score (nSPS) is 12.2. The van der Waals surface area contributed by atoms with E-state index in [1.54, 1.807) is 4.57 Å². The van der Waals surface area contributed by atoms with E-state index in [0.29, 0.717) is 21.9 Å². The zero-order chi connectivity index (χ0) is 17.1. The summed E-state index contributed by atoms with van der Waals surface area (Å²) in [5, 5.41) is 4.94. The van der Waals surface area contributed by atoms with Gasteiger partial charge < -0.3 is 5.32 Å². The molecule has 1 amide bonds. The highest BCUT2D eigenvalue weighted by atomic mass is 32.2. The molecule has 0 radical (unpaired) electrons. The van der Waals surface area contributed by atoms with Crippen molar-refractivity contribution in [1.29, 1.82) is 0 Å². The van der Waals surface area contributed by atoms with Crippen molar-refractivity contribution in [2.24, 2.45) is 0 Å². The number of para-hydroxylation sites is 1. The lowest BCUT2D eigenvalue weighted by Gasteiger charge is -2.14. The summed E-state index contributed by atoms with van der Waals surface area (Å²) < 4.78 is 2.28. The van der Waals surface area contributed by atoms with Crippen LogP contribution in [-0.4, -0.2) is 20.7 Å². The van der Waals surface area contributed by atoms with Gasteiger partial charge in [-0.05, 0) is 37.4 Å². The summed E-state index contributed by atoms with van der Waals surface area (Å²) >= 11 is 2.69. The van der Waals surface area contributed by atoms with Crippen LogP contribution in [0.3, 0.4) is 0 Å². The number of carbonyl (C=O) groups excluding carboxylic acids is 1. The fourth-order valence-corrected chi connectivity index (χ4v) is 4.02. The number of rotatable bonds is 5.